The van der Waals surface area contributed by atoms with Gasteiger partial charge in [-0.1, -0.05) is 49.0 Å². The molecule has 3 N–H and O–H groups in total. The lowest BCUT2D eigenvalue weighted by molar-refractivity contribution is -0.118. The summed E-state index contributed by atoms with van der Waals surface area (Å²) in [7, 11) is 3.15. The molecule has 1 heterocycles. The number of aromatic nitrogens is 3. The van der Waals surface area contributed by atoms with Gasteiger partial charge < -0.3 is 20.6 Å². The van der Waals surface area contributed by atoms with Crippen molar-refractivity contribution in [3.05, 3.63) is 54.1 Å². The predicted octanol–water partition coefficient (Wildman–Crippen LogP) is 2.69. The normalized spacial score (nSPS) is 11.7. The fraction of sp³-hybridized carbons (Fsp3) is 0.286. The number of ether oxygens (including phenoxy) is 2. The molecule has 9 heteroatoms. The molecule has 0 saturated heterocycles. The first-order valence-electron chi connectivity index (χ1n) is 9.40. The number of rotatable bonds is 9. The van der Waals surface area contributed by atoms with Crippen molar-refractivity contribution in [2.75, 3.05) is 32.4 Å². The molecule has 0 spiro atoms. The van der Waals surface area contributed by atoms with E-state index in [9.17, 15) is 4.79 Å². The van der Waals surface area contributed by atoms with Crippen LogP contribution in [0.2, 0.25) is 0 Å². The maximum atomic E-state index is 12.2. The summed E-state index contributed by atoms with van der Waals surface area (Å²) in [5.41, 5.74) is 1.89. The minimum Gasteiger partial charge on any atom is -0.497 e. The lowest BCUT2D eigenvalue weighted by Crippen LogP contribution is -2.29. The van der Waals surface area contributed by atoms with E-state index in [4.69, 9.17) is 15.3 Å². The van der Waals surface area contributed by atoms with Gasteiger partial charge in [0.1, 0.15) is 11.5 Å². The Labute approximate surface area is 179 Å². The average Bonchev–Trinajstić information content (AvgIpc) is 3.16. The zero-order valence-electron chi connectivity index (χ0n) is 17.2. The Morgan fingerprint density at radius 3 is 2.43 bits per heavy atom. The highest BCUT2D eigenvalue weighted by Crippen LogP contribution is 2.29. The van der Waals surface area contributed by atoms with Gasteiger partial charge in [-0.25, -0.2) is 4.68 Å². The number of carbonyl (C=O) groups is 1. The Balaban J connectivity index is 1.59. The number of nitrogens with one attached hydrogen (secondary N) is 1. The third-order valence-electron chi connectivity index (χ3n) is 4.58. The van der Waals surface area contributed by atoms with E-state index in [0.717, 1.165) is 0 Å². The second-order valence-electron chi connectivity index (χ2n) is 6.68. The second-order valence-corrected chi connectivity index (χ2v) is 7.62. The largest absolute Gasteiger partial charge is 0.497 e. The first-order valence-corrected chi connectivity index (χ1v) is 10.4. The van der Waals surface area contributed by atoms with E-state index in [1.165, 1.54) is 22.0 Å². The van der Waals surface area contributed by atoms with Gasteiger partial charge in [-0.05, 0) is 23.6 Å². The molecule has 0 fully saturated rings. The summed E-state index contributed by atoms with van der Waals surface area (Å²) in [6.07, 6.45) is 0. The van der Waals surface area contributed by atoms with Gasteiger partial charge in [0.05, 0.1) is 20.0 Å². The van der Waals surface area contributed by atoms with Crippen LogP contribution in [0.1, 0.15) is 18.4 Å². The van der Waals surface area contributed by atoms with E-state index in [1.54, 1.807) is 32.4 Å². The fourth-order valence-corrected chi connectivity index (χ4v) is 3.54. The van der Waals surface area contributed by atoms with Crippen molar-refractivity contribution in [3.8, 4) is 22.9 Å². The molecule has 1 atom stereocenters. The third-order valence-corrected chi connectivity index (χ3v) is 5.52. The molecule has 0 radical (unpaired) electrons. The Hall–Kier alpha value is -3.20. The van der Waals surface area contributed by atoms with Gasteiger partial charge in [-0.2, -0.15) is 0 Å². The molecule has 3 rings (SSSR count). The molecule has 0 aliphatic rings. The molecule has 0 saturated carbocycles. The van der Waals surface area contributed by atoms with Crippen LogP contribution >= 0.6 is 11.8 Å². The quantitative estimate of drug-likeness (QED) is 0.400. The highest BCUT2D eigenvalue weighted by atomic mass is 32.2. The highest BCUT2D eigenvalue weighted by molar-refractivity contribution is 7.99. The summed E-state index contributed by atoms with van der Waals surface area (Å²) in [5, 5.41) is 11.7. The van der Waals surface area contributed by atoms with Gasteiger partial charge >= 0.3 is 0 Å². The highest BCUT2D eigenvalue weighted by Gasteiger charge is 2.16. The first kappa shape index (κ1) is 21.5. The van der Waals surface area contributed by atoms with E-state index in [2.05, 4.69) is 34.6 Å². The van der Waals surface area contributed by atoms with Crippen molar-refractivity contribution in [2.45, 2.75) is 18.0 Å². The van der Waals surface area contributed by atoms with Crippen molar-refractivity contribution in [1.82, 2.24) is 20.2 Å². The van der Waals surface area contributed by atoms with Crippen LogP contribution < -0.4 is 20.6 Å². The number of nitrogens with zero attached hydrogens (tertiary/aromatic N) is 3. The summed E-state index contributed by atoms with van der Waals surface area (Å²) in [4.78, 5) is 12.2. The van der Waals surface area contributed by atoms with Crippen LogP contribution in [0.3, 0.4) is 0 Å². The molecular weight excluding hydrogens is 402 g/mol. The minimum absolute atomic E-state index is 0.0876. The van der Waals surface area contributed by atoms with Crippen LogP contribution in [0, 0.1) is 0 Å². The van der Waals surface area contributed by atoms with E-state index < -0.39 is 0 Å². The molecule has 0 aliphatic heterocycles. The standard InChI is InChI=1S/C21H25N5O3S/c1-14(15-7-5-4-6-8-15)12-23-19(27)13-30-21-25-24-20(26(21)22)16-9-17(28-2)11-18(10-16)29-3/h4-11,14H,12-13,22H2,1-3H3,(H,23,27). The fourth-order valence-electron chi connectivity index (χ4n) is 2.86. The molecule has 1 unspecified atom stereocenters. The van der Waals surface area contributed by atoms with Crippen molar-refractivity contribution in [2.24, 2.45) is 0 Å². The number of methoxy groups -OCH3 is 2. The summed E-state index contributed by atoms with van der Waals surface area (Å²) < 4.78 is 11.9. The SMILES string of the molecule is COc1cc(OC)cc(-c2nnc(SCC(=O)NCC(C)c3ccccc3)n2N)c1. The summed E-state index contributed by atoms with van der Waals surface area (Å²) in [5.74, 6) is 8.18. The molecule has 158 valence electrons. The molecule has 2 aromatic carbocycles. The molecule has 0 aliphatic carbocycles. The van der Waals surface area contributed by atoms with Crippen molar-refractivity contribution >= 4 is 17.7 Å². The second kappa shape index (κ2) is 10.0. The molecule has 1 aromatic heterocycles. The van der Waals surface area contributed by atoms with E-state index in [0.29, 0.717) is 34.6 Å². The third kappa shape index (κ3) is 5.24. The number of amides is 1. The van der Waals surface area contributed by atoms with Crippen LogP contribution in [0.25, 0.3) is 11.4 Å². The topological polar surface area (TPSA) is 104 Å². The van der Waals surface area contributed by atoms with E-state index in [1.807, 2.05) is 18.2 Å². The van der Waals surface area contributed by atoms with Crippen molar-refractivity contribution < 1.29 is 14.3 Å². The summed E-state index contributed by atoms with van der Waals surface area (Å²) in [6, 6.07) is 15.4. The summed E-state index contributed by atoms with van der Waals surface area (Å²) >= 11 is 1.23. The Kier molecular flexibility index (Phi) is 7.18. The number of hydrogen-bond acceptors (Lipinski definition) is 7. The molecule has 30 heavy (non-hydrogen) atoms. The van der Waals surface area contributed by atoms with Gasteiger partial charge in [0, 0.05) is 18.2 Å². The van der Waals surface area contributed by atoms with Gasteiger partial charge in [-0.15, -0.1) is 10.2 Å². The minimum atomic E-state index is -0.0876. The lowest BCUT2D eigenvalue weighted by Gasteiger charge is -2.12. The maximum Gasteiger partial charge on any atom is 0.230 e. The monoisotopic (exact) mass is 427 g/mol. The van der Waals surface area contributed by atoms with Crippen LogP contribution in [0.15, 0.2) is 53.7 Å². The zero-order valence-corrected chi connectivity index (χ0v) is 18.0. The van der Waals surface area contributed by atoms with Gasteiger partial charge in [-0.3, -0.25) is 4.79 Å². The number of benzene rings is 2. The van der Waals surface area contributed by atoms with Crippen LogP contribution in [0.5, 0.6) is 11.5 Å². The maximum absolute atomic E-state index is 12.2. The van der Waals surface area contributed by atoms with Crippen molar-refractivity contribution in [1.29, 1.82) is 0 Å². The Bertz CT molecular complexity index is 971. The molecule has 8 nitrogen and oxygen atoms in total. The van der Waals surface area contributed by atoms with Gasteiger partial charge in [0.25, 0.3) is 0 Å². The molecule has 1 amide bonds. The van der Waals surface area contributed by atoms with Crippen LogP contribution in [0.4, 0.5) is 0 Å². The van der Waals surface area contributed by atoms with E-state index in [-0.39, 0.29) is 17.6 Å². The number of nitrogen functional groups attached to an aromatic ring is 1. The number of nitrogens with two attached hydrogens (primary N) is 1. The number of carbonyl (C=O) groups excluding carboxylic acids is 1. The molecular formula is C21H25N5O3S. The molecule has 3 aromatic rings. The number of thioether (sulfide) groups is 1. The van der Waals surface area contributed by atoms with Crippen LogP contribution in [-0.2, 0) is 4.79 Å². The van der Waals surface area contributed by atoms with Crippen LogP contribution in [-0.4, -0.2) is 47.3 Å². The van der Waals surface area contributed by atoms with Crippen molar-refractivity contribution in [3.63, 3.8) is 0 Å². The van der Waals surface area contributed by atoms with Gasteiger partial charge in [0.2, 0.25) is 11.1 Å². The first-order chi connectivity index (χ1) is 14.5. The smallest absolute Gasteiger partial charge is 0.230 e. The van der Waals surface area contributed by atoms with E-state index >= 15 is 0 Å². The van der Waals surface area contributed by atoms with Gasteiger partial charge in [0.15, 0.2) is 5.82 Å². The summed E-state index contributed by atoms with van der Waals surface area (Å²) in [6.45, 7) is 2.64. The zero-order chi connectivity index (χ0) is 21.5. The Morgan fingerprint density at radius 1 is 1.13 bits per heavy atom. The lowest BCUT2D eigenvalue weighted by atomic mass is 10.0. The number of hydrogen-bond donors (Lipinski definition) is 2. The average molecular weight is 428 g/mol. The predicted molar refractivity (Wildman–Crippen MR) is 117 cm³/mol. The molecule has 0 bridgehead atoms. The Morgan fingerprint density at radius 2 is 1.80 bits per heavy atom.